The van der Waals surface area contributed by atoms with E-state index >= 15 is 0 Å². The molecule has 0 aromatic heterocycles. The van der Waals surface area contributed by atoms with Crippen molar-refractivity contribution in [1.29, 1.82) is 0 Å². The lowest BCUT2D eigenvalue weighted by molar-refractivity contribution is -0.126. The molecule has 7 nitrogen and oxygen atoms in total. The second-order valence-corrected chi connectivity index (χ2v) is 5.28. The van der Waals surface area contributed by atoms with Crippen molar-refractivity contribution in [2.75, 3.05) is 13.1 Å². The summed E-state index contributed by atoms with van der Waals surface area (Å²) in [5.74, 6) is -1.71. The monoisotopic (exact) mass is 290 g/mol. The molecule has 1 amide bonds. The smallest absolute Gasteiger partial charge is 0.534 e. The van der Waals surface area contributed by atoms with Crippen LogP contribution in [0.4, 0.5) is 0 Å². The zero-order valence-electron chi connectivity index (χ0n) is 11.2. The Morgan fingerprint density at radius 1 is 1.38 bits per heavy atom. The van der Waals surface area contributed by atoms with Gasteiger partial charge in [0, 0.05) is 13.1 Å². The van der Waals surface area contributed by atoms with Gasteiger partial charge in [-0.05, 0) is 18.1 Å². The Balaban J connectivity index is 1.77. The lowest BCUT2D eigenvalue weighted by atomic mass is 9.72. The first-order valence-electron chi connectivity index (χ1n) is 6.77. The fourth-order valence-corrected chi connectivity index (χ4v) is 2.49. The lowest BCUT2D eigenvalue weighted by Gasteiger charge is -2.32. The first-order chi connectivity index (χ1) is 10.1. The molecule has 1 atom stereocenters. The first kappa shape index (κ1) is 13.9. The first-order valence-corrected chi connectivity index (χ1v) is 6.77. The van der Waals surface area contributed by atoms with Crippen LogP contribution in [0.3, 0.4) is 0 Å². The number of benzene rings is 1. The number of carbonyl (C=O) groups excluding carboxylic acids is 1. The second-order valence-electron chi connectivity index (χ2n) is 5.28. The zero-order chi connectivity index (χ0) is 15.0. The van der Waals surface area contributed by atoms with Crippen LogP contribution in [0.5, 0.6) is 5.75 Å². The SMILES string of the molecule is O=C(O)c1cccc2c1OB(O)C(NC(=O)C1CNC1)C2. The number of para-hydroxylation sites is 1. The Morgan fingerprint density at radius 2 is 2.14 bits per heavy atom. The summed E-state index contributed by atoms with van der Waals surface area (Å²) in [4.78, 5) is 23.1. The van der Waals surface area contributed by atoms with E-state index in [1.807, 2.05) is 0 Å². The summed E-state index contributed by atoms with van der Waals surface area (Å²) in [5.41, 5.74) is 0.678. The van der Waals surface area contributed by atoms with Crippen LogP contribution in [0.1, 0.15) is 15.9 Å². The maximum Gasteiger partial charge on any atom is 0.547 e. The average molecular weight is 290 g/mol. The fraction of sp³-hybridized carbons (Fsp3) is 0.385. The van der Waals surface area contributed by atoms with Crippen molar-refractivity contribution in [2.45, 2.75) is 12.4 Å². The van der Waals surface area contributed by atoms with Crippen molar-refractivity contribution < 1.29 is 24.4 Å². The number of nitrogens with one attached hydrogen (secondary N) is 2. The van der Waals surface area contributed by atoms with E-state index in [2.05, 4.69) is 10.6 Å². The van der Waals surface area contributed by atoms with Gasteiger partial charge in [-0.25, -0.2) is 4.79 Å². The molecular weight excluding hydrogens is 275 g/mol. The molecule has 1 aromatic rings. The molecule has 110 valence electrons. The van der Waals surface area contributed by atoms with E-state index < -0.39 is 19.0 Å². The van der Waals surface area contributed by atoms with Crippen LogP contribution in [-0.4, -0.2) is 48.2 Å². The molecule has 1 aromatic carbocycles. The minimum atomic E-state index is -1.25. The van der Waals surface area contributed by atoms with E-state index in [0.717, 1.165) is 0 Å². The minimum absolute atomic E-state index is 0.0134. The van der Waals surface area contributed by atoms with Gasteiger partial charge in [0.25, 0.3) is 0 Å². The Hall–Kier alpha value is -2.06. The van der Waals surface area contributed by atoms with E-state index in [1.54, 1.807) is 12.1 Å². The molecule has 2 heterocycles. The van der Waals surface area contributed by atoms with Crippen LogP contribution < -0.4 is 15.3 Å². The number of hydrogen-bond acceptors (Lipinski definition) is 5. The molecule has 0 radical (unpaired) electrons. The molecule has 1 fully saturated rings. The lowest BCUT2D eigenvalue weighted by Crippen LogP contribution is -2.58. The number of hydrogen-bond donors (Lipinski definition) is 4. The molecular formula is C13H15BN2O5. The number of carboxylic acids is 1. The van der Waals surface area contributed by atoms with E-state index in [9.17, 15) is 14.6 Å². The molecule has 2 aliphatic rings. The van der Waals surface area contributed by atoms with Gasteiger partial charge < -0.3 is 25.4 Å². The van der Waals surface area contributed by atoms with Gasteiger partial charge in [-0.15, -0.1) is 0 Å². The summed E-state index contributed by atoms with van der Waals surface area (Å²) < 4.78 is 5.31. The molecule has 4 N–H and O–H groups in total. The average Bonchev–Trinajstić information content (AvgIpc) is 2.36. The molecule has 8 heteroatoms. The van der Waals surface area contributed by atoms with Crippen molar-refractivity contribution >= 4 is 19.0 Å². The molecule has 0 saturated carbocycles. The molecule has 0 bridgehead atoms. The van der Waals surface area contributed by atoms with Crippen LogP contribution in [-0.2, 0) is 11.2 Å². The van der Waals surface area contributed by atoms with Crippen molar-refractivity contribution in [2.24, 2.45) is 5.92 Å². The van der Waals surface area contributed by atoms with Crippen LogP contribution in [0.25, 0.3) is 0 Å². The number of amides is 1. The van der Waals surface area contributed by atoms with E-state index in [0.29, 0.717) is 25.1 Å². The summed E-state index contributed by atoms with van der Waals surface area (Å²) in [6.45, 7) is 1.27. The quantitative estimate of drug-likeness (QED) is 0.534. The molecule has 0 spiro atoms. The fourth-order valence-electron chi connectivity index (χ4n) is 2.49. The Morgan fingerprint density at radius 3 is 2.76 bits per heavy atom. The highest BCUT2D eigenvalue weighted by Gasteiger charge is 2.39. The summed E-state index contributed by atoms with van der Waals surface area (Å²) in [6, 6.07) is 4.78. The standard InChI is InChI=1S/C13H15BN2O5/c17-12(8-5-15-6-8)16-10-4-7-2-1-3-9(13(18)19)11(7)21-14(10)20/h1-3,8,10,15,20H,4-6H2,(H,16,17)(H,18,19). The van der Waals surface area contributed by atoms with E-state index in [4.69, 9.17) is 9.76 Å². The predicted molar refractivity (Wildman–Crippen MR) is 74.0 cm³/mol. The maximum atomic E-state index is 11.9. The molecule has 2 aliphatic heterocycles. The van der Waals surface area contributed by atoms with E-state index in [1.165, 1.54) is 6.07 Å². The van der Waals surface area contributed by atoms with Crippen molar-refractivity contribution in [1.82, 2.24) is 10.6 Å². The third kappa shape index (κ3) is 2.59. The number of carbonyl (C=O) groups is 2. The predicted octanol–water partition coefficient (Wildman–Crippen LogP) is -0.956. The van der Waals surface area contributed by atoms with Gasteiger partial charge >= 0.3 is 13.1 Å². The number of carboxylic acid groups (broad SMARTS) is 1. The highest BCUT2D eigenvalue weighted by atomic mass is 16.5. The molecule has 1 unspecified atom stereocenters. The van der Waals surface area contributed by atoms with Crippen LogP contribution >= 0.6 is 0 Å². The van der Waals surface area contributed by atoms with Crippen LogP contribution in [0, 0.1) is 5.92 Å². The second kappa shape index (κ2) is 5.38. The molecule has 1 saturated heterocycles. The van der Waals surface area contributed by atoms with Crippen molar-refractivity contribution in [3.63, 3.8) is 0 Å². The van der Waals surface area contributed by atoms with Gasteiger partial charge in [0.1, 0.15) is 5.75 Å². The van der Waals surface area contributed by atoms with Crippen molar-refractivity contribution in [3.8, 4) is 5.75 Å². The van der Waals surface area contributed by atoms with Crippen molar-refractivity contribution in [3.05, 3.63) is 29.3 Å². The van der Waals surface area contributed by atoms with Crippen LogP contribution in [0.15, 0.2) is 18.2 Å². The van der Waals surface area contributed by atoms with E-state index in [-0.39, 0.29) is 23.1 Å². The maximum absolute atomic E-state index is 11.9. The Bertz CT molecular complexity index is 590. The van der Waals surface area contributed by atoms with Crippen LogP contribution in [0.2, 0.25) is 0 Å². The van der Waals surface area contributed by atoms with Gasteiger partial charge in [0.15, 0.2) is 0 Å². The largest absolute Gasteiger partial charge is 0.547 e. The number of aromatic carboxylic acids is 1. The van der Waals surface area contributed by atoms with Gasteiger partial charge in [-0.2, -0.15) is 0 Å². The summed E-state index contributed by atoms with van der Waals surface area (Å²) in [5, 5.41) is 24.9. The van der Waals surface area contributed by atoms with Gasteiger partial charge in [0.2, 0.25) is 5.91 Å². The third-order valence-corrected chi connectivity index (χ3v) is 3.83. The number of rotatable bonds is 3. The summed E-state index contributed by atoms with van der Waals surface area (Å²) in [6.07, 6.45) is 0.337. The Kier molecular flexibility index (Phi) is 3.56. The molecule has 0 aliphatic carbocycles. The zero-order valence-corrected chi connectivity index (χ0v) is 11.2. The van der Waals surface area contributed by atoms with Gasteiger partial charge in [-0.1, -0.05) is 12.1 Å². The minimum Gasteiger partial charge on any atom is -0.534 e. The van der Waals surface area contributed by atoms with Gasteiger partial charge in [-0.3, -0.25) is 4.79 Å². The highest BCUT2D eigenvalue weighted by molar-refractivity contribution is 6.47. The summed E-state index contributed by atoms with van der Waals surface area (Å²) in [7, 11) is -1.25. The number of fused-ring (bicyclic) bond motifs is 1. The highest BCUT2D eigenvalue weighted by Crippen LogP contribution is 2.30. The third-order valence-electron chi connectivity index (χ3n) is 3.83. The molecule has 21 heavy (non-hydrogen) atoms. The molecule has 3 rings (SSSR count). The topological polar surface area (TPSA) is 108 Å². The normalized spacial score (nSPS) is 21.0. The van der Waals surface area contributed by atoms with Gasteiger partial charge in [0.05, 0.1) is 17.4 Å². The summed E-state index contributed by atoms with van der Waals surface area (Å²) >= 11 is 0. The Labute approximate surface area is 121 Å².